The van der Waals surface area contributed by atoms with Crippen molar-refractivity contribution in [2.45, 2.75) is 38.8 Å². The number of hydrogen-bond acceptors (Lipinski definition) is 6. The molecule has 1 amide bonds. The molecular weight excluding hydrogens is 354 g/mol. The van der Waals surface area contributed by atoms with Gasteiger partial charge in [0.2, 0.25) is 11.9 Å². The number of fused-ring (bicyclic) bond motifs is 2. The van der Waals surface area contributed by atoms with Crippen molar-refractivity contribution in [1.82, 2.24) is 19.7 Å². The number of aryl methyl sites for hydroxylation is 1. The molecule has 4 atom stereocenters. The van der Waals surface area contributed by atoms with Gasteiger partial charge in [0.1, 0.15) is 5.02 Å². The van der Waals surface area contributed by atoms with E-state index in [2.05, 4.69) is 25.7 Å². The van der Waals surface area contributed by atoms with Gasteiger partial charge in [-0.25, -0.2) is 4.98 Å². The molecule has 8 nitrogen and oxygen atoms in total. The topological polar surface area (TPSA) is 111 Å². The van der Waals surface area contributed by atoms with Crippen LogP contribution in [-0.4, -0.2) is 31.7 Å². The number of nitrogens with two attached hydrogens (primary N) is 1. The van der Waals surface area contributed by atoms with E-state index in [1.165, 1.54) is 0 Å². The minimum Gasteiger partial charge on any atom is -0.369 e. The number of carbonyl (C=O) groups excluding carboxylic acids is 1. The van der Waals surface area contributed by atoms with Crippen LogP contribution in [0.1, 0.15) is 26.2 Å². The van der Waals surface area contributed by atoms with Crippen LogP contribution in [0.15, 0.2) is 18.6 Å². The smallest absolute Gasteiger partial charge is 0.229 e. The van der Waals surface area contributed by atoms with Crippen LogP contribution < -0.4 is 16.4 Å². The highest BCUT2D eigenvalue weighted by Crippen LogP contribution is 2.49. The van der Waals surface area contributed by atoms with Gasteiger partial charge in [-0.3, -0.25) is 9.48 Å². The van der Waals surface area contributed by atoms with Crippen LogP contribution in [0.25, 0.3) is 0 Å². The Labute approximate surface area is 156 Å². The fourth-order valence-corrected chi connectivity index (χ4v) is 4.47. The largest absolute Gasteiger partial charge is 0.369 e. The fraction of sp³-hybridized carbons (Fsp3) is 0.529. The van der Waals surface area contributed by atoms with E-state index in [4.69, 9.17) is 17.3 Å². The monoisotopic (exact) mass is 375 g/mol. The molecule has 4 rings (SSSR count). The van der Waals surface area contributed by atoms with Crippen LogP contribution >= 0.6 is 11.6 Å². The first kappa shape index (κ1) is 17.1. The van der Waals surface area contributed by atoms with Gasteiger partial charge in [-0.15, -0.1) is 0 Å². The predicted octanol–water partition coefficient (Wildman–Crippen LogP) is 2.40. The van der Waals surface area contributed by atoms with Gasteiger partial charge in [-0.2, -0.15) is 10.1 Å². The summed E-state index contributed by atoms with van der Waals surface area (Å²) < 4.78 is 1.81. The standard InChI is InChI=1S/C17H22ClN7O/c1-2-25-8-11(6-21-25)22-17-20-7-12(18)16(24-17)23-14-10-4-3-9(5-10)13(14)15(19)26/h6-10,13-14H,2-5H2,1H3,(H2,19,26)(H2,20,22,23,24)/t9-,10+,13+,14-/m1/s1. The van der Waals surface area contributed by atoms with Gasteiger partial charge in [0.05, 0.1) is 24.0 Å². The van der Waals surface area contributed by atoms with Crippen LogP contribution in [0, 0.1) is 17.8 Å². The first-order valence-corrected chi connectivity index (χ1v) is 9.30. The molecular formula is C17H22ClN7O. The number of carbonyl (C=O) groups is 1. The highest BCUT2D eigenvalue weighted by molar-refractivity contribution is 6.32. The predicted molar refractivity (Wildman–Crippen MR) is 99.2 cm³/mol. The van der Waals surface area contributed by atoms with E-state index in [9.17, 15) is 4.79 Å². The molecule has 2 aliphatic carbocycles. The lowest BCUT2D eigenvalue weighted by molar-refractivity contribution is -0.123. The lowest BCUT2D eigenvalue weighted by atomic mass is 9.84. The van der Waals surface area contributed by atoms with E-state index in [1.54, 1.807) is 12.4 Å². The lowest BCUT2D eigenvalue weighted by Gasteiger charge is -2.30. The quantitative estimate of drug-likeness (QED) is 0.715. The minimum atomic E-state index is -0.245. The number of nitrogens with zero attached hydrogens (tertiary/aromatic N) is 4. The van der Waals surface area contributed by atoms with E-state index < -0.39 is 0 Å². The summed E-state index contributed by atoms with van der Waals surface area (Å²) in [6.45, 7) is 2.80. The van der Waals surface area contributed by atoms with Crippen LogP contribution in [0.4, 0.5) is 17.5 Å². The summed E-state index contributed by atoms with van der Waals surface area (Å²) in [5.74, 6) is 1.34. The molecule has 9 heteroatoms. The van der Waals surface area contributed by atoms with Crippen molar-refractivity contribution in [2.24, 2.45) is 23.5 Å². The fourth-order valence-electron chi connectivity index (χ4n) is 4.33. The first-order chi connectivity index (χ1) is 12.5. The second-order valence-corrected chi connectivity index (χ2v) is 7.44. The molecule has 2 fully saturated rings. The lowest BCUT2D eigenvalue weighted by Crippen LogP contribution is -2.42. The third-order valence-electron chi connectivity index (χ3n) is 5.51. The zero-order chi connectivity index (χ0) is 18.3. The Morgan fingerprint density at radius 2 is 2.19 bits per heavy atom. The van der Waals surface area contributed by atoms with Crippen molar-refractivity contribution in [3.63, 3.8) is 0 Å². The van der Waals surface area contributed by atoms with Crippen LogP contribution in [0.3, 0.4) is 0 Å². The maximum atomic E-state index is 11.9. The van der Waals surface area contributed by atoms with Crippen molar-refractivity contribution >= 4 is 35.0 Å². The van der Waals surface area contributed by atoms with Gasteiger partial charge in [-0.05, 0) is 38.0 Å². The van der Waals surface area contributed by atoms with Gasteiger partial charge in [-0.1, -0.05) is 11.6 Å². The Hall–Kier alpha value is -2.35. The number of hydrogen-bond donors (Lipinski definition) is 3. The summed E-state index contributed by atoms with van der Waals surface area (Å²) in [5, 5.41) is 11.1. The summed E-state index contributed by atoms with van der Waals surface area (Å²) in [6.07, 6.45) is 8.36. The van der Waals surface area contributed by atoms with Crippen molar-refractivity contribution < 1.29 is 4.79 Å². The molecule has 0 saturated heterocycles. The molecule has 2 saturated carbocycles. The number of nitrogens with one attached hydrogen (secondary N) is 2. The molecule has 0 spiro atoms. The average molecular weight is 376 g/mol. The maximum Gasteiger partial charge on any atom is 0.229 e. The summed E-state index contributed by atoms with van der Waals surface area (Å²) in [7, 11) is 0. The molecule has 0 unspecified atom stereocenters. The minimum absolute atomic E-state index is 0.0191. The van der Waals surface area contributed by atoms with Gasteiger partial charge >= 0.3 is 0 Å². The molecule has 26 heavy (non-hydrogen) atoms. The van der Waals surface area contributed by atoms with E-state index in [0.717, 1.165) is 31.5 Å². The number of amides is 1. The summed E-state index contributed by atoms with van der Waals surface area (Å²) in [4.78, 5) is 20.6. The Morgan fingerprint density at radius 1 is 1.38 bits per heavy atom. The van der Waals surface area contributed by atoms with Crippen molar-refractivity contribution in [1.29, 1.82) is 0 Å². The maximum absolute atomic E-state index is 11.9. The van der Waals surface area contributed by atoms with E-state index >= 15 is 0 Å². The van der Waals surface area contributed by atoms with Gasteiger partial charge in [0, 0.05) is 18.8 Å². The zero-order valence-corrected chi connectivity index (χ0v) is 15.3. The molecule has 2 aromatic heterocycles. The molecule has 0 aliphatic heterocycles. The summed E-state index contributed by atoms with van der Waals surface area (Å²) in [6, 6.07) is -0.0191. The number of halogens is 1. The number of rotatable bonds is 6. The second-order valence-electron chi connectivity index (χ2n) is 7.03. The Kier molecular flexibility index (Phi) is 4.44. The molecule has 2 aliphatic rings. The van der Waals surface area contributed by atoms with Gasteiger partial charge in [0.25, 0.3) is 0 Å². The third kappa shape index (κ3) is 3.09. The third-order valence-corrected chi connectivity index (χ3v) is 5.78. The SMILES string of the molecule is CCn1cc(Nc2ncc(Cl)c(N[C@@H]3[C@H]4CC[C@H](C4)[C@@H]3C(N)=O)n2)cn1. The van der Waals surface area contributed by atoms with Crippen molar-refractivity contribution in [2.75, 3.05) is 10.6 Å². The van der Waals surface area contributed by atoms with E-state index in [0.29, 0.717) is 28.6 Å². The number of aromatic nitrogens is 4. The molecule has 0 radical (unpaired) electrons. The molecule has 2 aromatic rings. The van der Waals surface area contributed by atoms with Gasteiger partial charge in [0.15, 0.2) is 5.82 Å². The first-order valence-electron chi connectivity index (χ1n) is 8.93. The summed E-state index contributed by atoms with van der Waals surface area (Å²) >= 11 is 6.29. The molecule has 2 heterocycles. The zero-order valence-electron chi connectivity index (χ0n) is 14.5. The second kappa shape index (κ2) is 6.75. The normalized spacial score (nSPS) is 26.8. The summed E-state index contributed by atoms with van der Waals surface area (Å²) in [5.41, 5.74) is 6.45. The van der Waals surface area contributed by atoms with E-state index in [1.807, 2.05) is 17.8 Å². The number of anilines is 3. The highest BCUT2D eigenvalue weighted by Gasteiger charge is 2.50. The molecule has 0 aromatic carbocycles. The molecule has 138 valence electrons. The average Bonchev–Trinajstić information content (AvgIpc) is 3.33. The molecule has 2 bridgehead atoms. The Morgan fingerprint density at radius 3 is 2.92 bits per heavy atom. The van der Waals surface area contributed by atoms with Gasteiger partial charge < -0.3 is 16.4 Å². The van der Waals surface area contributed by atoms with Crippen LogP contribution in [-0.2, 0) is 11.3 Å². The Balaban J connectivity index is 1.54. The van der Waals surface area contributed by atoms with Crippen molar-refractivity contribution in [3.05, 3.63) is 23.6 Å². The molecule has 4 N–H and O–H groups in total. The van der Waals surface area contributed by atoms with Crippen molar-refractivity contribution in [3.8, 4) is 0 Å². The van der Waals surface area contributed by atoms with Crippen LogP contribution in [0.2, 0.25) is 5.02 Å². The van der Waals surface area contributed by atoms with Crippen LogP contribution in [0.5, 0.6) is 0 Å². The number of primary amides is 1. The Bertz CT molecular complexity index is 823. The van der Waals surface area contributed by atoms with E-state index in [-0.39, 0.29) is 17.9 Å². The highest BCUT2D eigenvalue weighted by atomic mass is 35.5.